The van der Waals surface area contributed by atoms with E-state index in [0.717, 1.165) is 11.8 Å². The van der Waals surface area contributed by atoms with Gasteiger partial charge in [0.2, 0.25) is 0 Å². The Labute approximate surface area is 159 Å². The fraction of sp³-hybridized carbons (Fsp3) is 0.100. The van der Waals surface area contributed by atoms with E-state index in [2.05, 4.69) is 9.97 Å². The Morgan fingerprint density at radius 2 is 1.89 bits per heavy atom. The van der Waals surface area contributed by atoms with Gasteiger partial charge in [-0.25, -0.2) is 4.98 Å². The SMILES string of the molecule is COc1ccc(-c2nc(SCC(=O)c3ccccc3)[nH]c(=O)c2C#N)cc1. The van der Waals surface area contributed by atoms with Crippen LogP contribution in [0.15, 0.2) is 64.5 Å². The normalized spacial score (nSPS) is 10.2. The lowest BCUT2D eigenvalue weighted by Crippen LogP contribution is -2.15. The highest BCUT2D eigenvalue weighted by Gasteiger charge is 2.15. The fourth-order valence-electron chi connectivity index (χ4n) is 2.42. The molecule has 2 aromatic carbocycles. The van der Waals surface area contributed by atoms with E-state index in [9.17, 15) is 14.9 Å². The number of Topliss-reactive ketones (excluding diaryl/α,β-unsaturated/α-hetero) is 1. The van der Waals surface area contributed by atoms with Gasteiger partial charge in [0.1, 0.15) is 17.4 Å². The van der Waals surface area contributed by atoms with Crippen LogP contribution in [0.1, 0.15) is 15.9 Å². The minimum Gasteiger partial charge on any atom is -0.497 e. The molecule has 3 aromatic rings. The highest BCUT2D eigenvalue weighted by atomic mass is 32.2. The van der Waals surface area contributed by atoms with Gasteiger partial charge in [-0.05, 0) is 24.3 Å². The van der Waals surface area contributed by atoms with E-state index in [1.165, 1.54) is 0 Å². The second-order valence-corrected chi connectivity index (χ2v) is 6.48. The molecule has 3 rings (SSSR count). The van der Waals surface area contributed by atoms with Crippen molar-refractivity contribution in [2.75, 3.05) is 12.9 Å². The maximum Gasteiger partial charge on any atom is 0.270 e. The molecule has 0 fully saturated rings. The zero-order valence-electron chi connectivity index (χ0n) is 14.4. The molecule has 1 heterocycles. The fourth-order valence-corrected chi connectivity index (χ4v) is 3.18. The zero-order valence-corrected chi connectivity index (χ0v) is 15.2. The van der Waals surface area contributed by atoms with Crippen molar-refractivity contribution >= 4 is 17.5 Å². The molecule has 0 unspecified atom stereocenters. The summed E-state index contributed by atoms with van der Waals surface area (Å²) in [6.07, 6.45) is 0. The minimum atomic E-state index is -0.534. The average Bonchev–Trinajstić information content (AvgIpc) is 2.72. The van der Waals surface area contributed by atoms with Gasteiger partial charge in [0.25, 0.3) is 5.56 Å². The van der Waals surface area contributed by atoms with E-state index < -0.39 is 5.56 Å². The quantitative estimate of drug-likeness (QED) is 0.402. The van der Waals surface area contributed by atoms with Crippen molar-refractivity contribution in [3.63, 3.8) is 0 Å². The van der Waals surface area contributed by atoms with Crippen LogP contribution >= 0.6 is 11.8 Å². The van der Waals surface area contributed by atoms with Crippen LogP contribution in [0.4, 0.5) is 0 Å². The Kier molecular flexibility index (Phi) is 5.69. The molecule has 0 saturated heterocycles. The number of ether oxygens (including phenoxy) is 1. The van der Waals surface area contributed by atoms with Crippen LogP contribution in [0.3, 0.4) is 0 Å². The summed E-state index contributed by atoms with van der Waals surface area (Å²) in [5.74, 6) is 0.713. The summed E-state index contributed by atoms with van der Waals surface area (Å²) in [6.45, 7) is 0. The molecular weight excluding hydrogens is 362 g/mol. The number of aromatic nitrogens is 2. The number of benzene rings is 2. The van der Waals surface area contributed by atoms with Crippen molar-refractivity contribution in [1.82, 2.24) is 9.97 Å². The lowest BCUT2D eigenvalue weighted by atomic mass is 10.1. The Bertz CT molecular complexity index is 1050. The maximum absolute atomic E-state index is 12.3. The number of carbonyl (C=O) groups is 1. The smallest absolute Gasteiger partial charge is 0.270 e. The van der Waals surface area contributed by atoms with Gasteiger partial charge in [0, 0.05) is 11.1 Å². The van der Waals surface area contributed by atoms with E-state index in [1.54, 1.807) is 55.6 Å². The van der Waals surface area contributed by atoms with E-state index in [-0.39, 0.29) is 27.9 Å². The van der Waals surface area contributed by atoms with Gasteiger partial charge in [-0.3, -0.25) is 9.59 Å². The van der Waals surface area contributed by atoms with Crippen LogP contribution in [0.25, 0.3) is 11.3 Å². The standard InChI is InChI=1S/C20H15N3O3S/c1-26-15-9-7-14(8-10-15)18-16(11-21)19(25)23-20(22-18)27-12-17(24)13-5-3-2-4-6-13/h2-10H,12H2,1H3,(H,22,23,25). The molecule has 0 aliphatic carbocycles. The first-order chi connectivity index (χ1) is 13.1. The summed E-state index contributed by atoms with van der Waals surface area (Å²) in [5, 5.41) is 9.61. The number of H-pyrrole nitrogens is 1. The number of aromatic amines is 1. The Hall–Kier alpha value is -3.37. The van der Waals surface area contributed by atoms with Crippen molar-refractivity contribution < 1.29 is 9.53 Å². The predicted molar refractivity (Wildman–Crippen MR) is 103 cm³/mol. The molecule has 27 heavy (non-hydrogen) atoms. The maximum atomic E-state index is 12.3. The lowest BCUT2D eigenvalue weighted by Gasteiger charge is -2.07. The first-order valence-electron chi connectivity index (χ1n) is 8.02. The number of ketones is 1. The van der Waals surface area contributed by atoms with Crippen molar-refractivity contribution in [2.24, 2.45) is 0 Å². The van der Waals surface area contributed by atoms with Crippen LogP contribution in [-0.4, -0.2) is 28.6 Å². The monoisotopic (exact) mass is 377 g/mol. The van der Waals surface area contributed by atoms with E-state index >= 15 is 0 Å². The zero-order chi connectivity index (χ0) is 19.2. The number of hydrogen-bond acceptors (Lipinski definition) is 6. The van der Waals surface area contributed by atoms with Crippen molar-refractivity contribution in [2.45, 2.75) is 5.16 Å². The van der Waals surface area contributed by atoms with Gasteiger partial charge in [-0.2, -0.15) is 5.26 Å². The lowest BCUT2D eigenvalue weighted by molar-refractivity contribution is 0.102. The van der Waals surface area contributed by atoms with Crippen molar-refractivity contribution in [3.05, 3.63) is 76.1 Å². The Balaban J connectivity index is 1.89. The molecule has 0 aliphatic rings. The summed E-state index contributed by atoms with van der Waals surface area (Å²) >= 11 is 1.12. The Morgan fingerprint density at radius 1 is 1.19 bits per heavy atom. The summed E-state index contributed by atoms with van der Waals surface area (Å²) in [6, 6.07) is 17.7. The number of thioether (sulfide) groups is 1. The summed E-state index contributed by atoms with van der Waals surface area (Å²) < 4.78 is 5.12. The van der Waals surface area contributed by atoms with Gasteiger partial charge < -0.3 is 9.72 Å². The minimum absolute atomic E-state index is 0.0705. The largest absolute Gasteiger partial charge is 0.497 e. The Morgan fingerprint density at radius 3 is 2.52 bits per heavy atom. The van der Waals surface area contributed by atoms with Crippen LogP contribution < -0.4 is 10.3 Å². The highest BCUT2D eigenvalue weighted by molar-refractivity contribution is 7.99. The van der Waals surface area contributed by atoms with Gasteiger partial charge >= 0.3 is 0 Å². The van der Waals surface area contributed by atoms with E-state index in [0.29, 0.717) is 16.9 Å². The third-order valence-electron chi connectivity index (χ3n) is 3.81. The molecule has 0 spiro atoms. The third-order valence-corrected chi connectivity index (χ3v) is 4.68. The molecule has 1 N–H and O–H groups in total. The number of rotatable bonds is 6. The number of methoxy groups -OCH3 is 1. The van der Waals surface area contributed by atoms with Gasteiger partial charge in [0.15, 0.2) is 10.9 Å². The molecule has 7 heteroatoms. The molecule has 6 nitrogen and oxygen atoms in total. The third kappa shape index (κ3) is 4.25. The topological polar surface area (TPSA) is 95.8 Å². The number of hydrogen-bond donors (Lipinski definition) is 1. The second kappa shape index (κ2) is 8.34. The molecule has 134 valence electrons. The molecule has 0 aliphatic heterocycles. The molecule has 0 bridgehead atoms. The van der Waals surface area contributed by atoms with Crippen molar-refractivity contribution in [1.29, 1.82) is 5.26 Å². The summed E-state index contributed by atoms with van der Waals surface area (Å²) in [7, 11) is 1.56. The predicted octanol–water partition coefficient (Wildman–Crippen LogP) is 3.29. The molecular formula is C20H15N3O3S. The number of nitrogens with one attached hydrogen (secondary N) is 1. The van der Waals surface area contributed by atoms with Crippen LogP contribution in [0, 0.1) is 11.3 Å². The van der Waals surface area contributed by atoms with Gasteiger partial charge in [-0.15, -0.1) is 0 Å². The molecule has 1 aromatic heterocycles. The van der Waals surface area contributed by atoms with Crippen LogP contribution in [0.5, 0.6) is 5.75 Å². The molecule has 0 amide bonds. The summed E-state index contributed by atoms with van der Waals surface area (Å²) in [5.41, 5.74) is 0.886. The number of nitriles is 1. The first-order valence-corrected chi connectivity index (χ1v) is 9.01. The van der Waals surface area contributed by atoms with Gasteiger partial charge in [-0.1, -0.05) is 42.1 Å². The van der Waals surface area contributed by atoms with E-state index in [1.807, 2.05) is 12.1 Å². The molecule has 0 saturated carbocycles. The van der Waals surface area contributed by atoms with Crippen LogP contribution in [0.2, 0.25) is 0 Å². The highest BCUT2D eigenvalue weighted by Crippen LogP contribution is 2.24. The summed E-state index contributed by atoms with van der Waals surface area (Å²) in [4.78, 5) is 31.5. The number of nitrogens with zero attached hydrogens (tertiary/aromatic N) is 2. The van der Waals surface area contributed by atoms with Gasteiger partial charge in [0.05, 0.1) is 18.6 Å². The van der Waals surface area contributed by atoms with E-state index in [4.69, 9.17) is 4.74 Å². The molecule has 0 radical (unpaired) electrons. The average molecular weight is 377 g/mol. The van der Waals surface area contributed by atoms with Crippen LogP contribution in [-0.2, 0) is 0 Å². The van der Waals surface area contributed by atoms with Crippen molar-refractivity contribution in [3.8, 4) is 23.1 Å². The first kappa shape index (κ1) is 18.4. The number of carbonyl (C=O) groups excluding carboxylic acids is 1. The molecule has 0 atom stereocenters. The second-order valence-electron chi connectivity index (χ2n) is 5.51.